The molecule has 2 rings (SSSR count). The summed E-state index contributed by atoms with van der Waals surface area (Å²) in [5.74, 6) is -0.597. The maximum absolute atomic E-state index is 12.5. The number of carbonyl (C=O) groups excluding carboxylic acids is 1. The van der Waals surface area contributed by atoms with Crippen LogP contribution in [0.1, 0.15) is 25.3 Å². The molecule has 4 nitrogen and oxygen atoms in total. The van der Waals surface area contributed by atoms with E-state index in [1.165, 1.54) is 0 Å². The maximum atomic E-state index is 12.5. The standard InChI is InChI=1S/C16H22N2O2S/c1-16(8-5-9-20-11-16)18-15(19)13(14(17)21)10-12-6-3-2-4-7-12/h2-4,6-7,13H,5,8-11H2,1H3,(H2,17,21)(H,18,19). The number of ether oxygens (including phenoxy) is 1. The fourth-order valence-corrected chi connectivity index (χ4v) is 2.78. The third kappa shape index (κ3) is 4.51. The van der Waals surface area contributed by atoms with Crippen molar-refractivity contribution >= 4 is 23.1 Å². The van der Waals surface area contributed by atoms with Gasteiger partial charge in [0.25, 0.3) is 0 Å². The molecule has 21 heavy (non-hydrogen) atoms. The summed E-state index contributed by atoms with van der Waals surface area (Å²) in [6.45, 7) is 3.30. The van der Waals surface area contributed by atoms with Gasteiger partial charge in [-0.2, -0.15) is 0 Å². The van der Waals surface area contributed by atoms with Crippen molar-refractivity contribution in [3.05, 3.63) is 35.9 Å². The van der Waals surface area contributed by atoms with Crippen LogP contribution in [-0.4, -0.2) is 29.6 Å². The van der Waals surface area contributed by atoms with Gasteiger partial charge in [-0.3, -0.25) is 4.79 Å². The Morgan fingerprint density at radius 2 is 2.19 bits per heavy atom. The molecule has 0 radical (unpaired) electrons. The van der Waals surface area contributed by atoms with E-state index in [1.807, 2.05) is 37.3 Å². The van der Waals surface area contributed by atoms with Gasteiger partial charge in [-0.15, -0.1) is 0 Å². The largest absolute Gasteiger partial charge is 0.393 e. The second-order valence-electron chi connectivity index (χ2n) is 5.85. The van der Waals surface area contributed by atoms with Crippen LogP contribution in [-0.2, 0) is 16.0 Å². The summed E-state index contributed by atoms with van der Waals surface area (Å²) in [5.41, 5.74) is 6.50. The van der Waals surface area contributed by atoms with E-state index in [-0.39, 0.29) is 16.4 Å². The Morgan fingerprint density at radius 1 is 1.48 bits per heavy atom. The summed E-state index contributed by atoms with van der Waals surface area (Å²) in [4.78, 5) is 12.8. The van der Waals surface area contributed by atoms with Crippen LogP contribution >= 0.6 is 12.2 Å². The Balaban J connectivity index is 2.04. The van der Waals surface area contributed by atoms with Gasteiger partial charge in [0.15, 0.2) is 0 Å². The monoisotopic (exact) mass is 306 g/mol. The molecule has 0 aliphatic carbocycles. The second-order valence-corrected chi connectivity index (χ2v) is 6.32. The number of rotatable bonds is 5. The molecular formula is C16H22N2O2S. The van der Waals surface area contributed by atoms with Gasteiger partial charge in [-0.25, -0.2) is 0 Å². The van der Waals surface area contributed by atoms with Crippen LogP contribution in [0.25, 0.3) is 0 Å². The molecule has 1 aliphatic rings. The summed E-state index contributed by atoms with van der Waals surface area (Å²) in [6.07, 6.45) is 2.39. The zero-order valence-corrected chi connectivity index (χ0v) is 13.1. The van der Waals surface area contributed by atoms with Crippen molar-refractivity contribution in [2.45, 2.75) is 31.7 Å². The highest BCUT2D eigenvalue weighted by molar-refractivity contribution is 7.80. The lowest BCUT2D eigenvalue weighted by Crippen LogP contribution is -2.54. The first-order chi connectivity index (χ1) is 10.0. The molecule has 5 heteroatoms. The molecule has 0 aromatic heterocycles. The minimum Gasteiger partial charge on any atom is -0.393 e. The summed E-state index contributed by atoms with van der Waals surface area (Å²) < 4.78 is 5.47. The van der Waals surface area contributed by atoms with Crippen LogP contribution in [0, 0.1) is 5.92 Å². The summed E-state index contributed by atoms with van der Waals surface area (Å²) in [6, 6.07) is 9.79. The highest BCUT2D eigenvalue weighted by Gasteiger charge is 2.32. The zero-order valence-electron chi connectivity index (χ0n) is 12.3. The predicted octanol–water partition coefficient (Wildman–Crippen LogP) is 1.82. The third-order valence-electron chi connectivity index (χ3n) is 3.81. The van der Waals surface area contributed by atoms with Gasteiger partial charge < -0.3 is 15.8 Å². The van der Waals surface area contributed by atoms with Gasteiger partial charge in [-0.1, -0.05) is 42.5 Å². The molecule has 3 N–H and O–H groups in total. The minimum absolute atomic E-state index is 0.112. The lowest BCUT2D eigenvalue weighted by atomic mass is 9.92. The highest BCUT2D eigenvalue weighted by atomic mass is 32.1. The van der Waals surface area contributed by atoms with E-state index in [4.69, 9.17) is 22.7 Å². The molecule has 0 saturated carbocycles. The third-order valence-corrected chi connectivity index (χ3v) is 4.09. The van der Waals surface area contributed by atoms with Crippen LogP contribution in [0.4, 0.5) is 0 Å². The Bertz CT molecular complexity index is 498. The smallest absolute Gasteiger partial charge is 0.230 e. The first-order valence-electron chi connectivity index (χ1n) is 7.23. The van der Waals surface area contributed by atoms with Gasteiger partial charge in [0.1, 0.15) is 0 Å². The first kappa shape index (κ1) is 15.9. The topological polar surface area (TPSA) is 64.4 Å². The molecule has 2 unspecified atom stereocenters. The molecular weight excluding hydrogens is 284 g/mol. The van der Waals surface area contributed by atoms with E-state index in [1.54, 1.807) is 0 Å². The van der Waals surface area contributed by atoms with E-state index < -0.39 is 5.92 Å². The fraction of sp³-hybridized carbons (Fsp3) is 0.500. The van der Waals surface area contributed by atoms with Crippen molar-refractivity contribution in [2.75, 3.05) is 13.2 Å². The first-order valence-corrected chi connectivity index (χ1v) is 7.64. The number of amides is 1. The van der Waals surface area contributed by atoms with Gasteiger partial charge in [-0.05, 0) is 31.7 Å². The average molecular weight is 306 g/mol. The fourth-order valence-electron chi connectivity index (χ4n) is 2.59. The van der Waals surface area contributed by atoms with Crippen molar-refractivity contribution in [1.82, 2.24) is 5.32 Å². The number of nitrogens with one attached hydrogen (secondary N) is 1. The van der Waals surface area contributed by atoms with Crippen LogP contribution in [0.2, 0.25) is 0 Å². The van der Waals surface area contributed by atoms with Gasteiger partial charge in [0, 0.05) is 6.61 Å². The molecule has 114 valence electrons. The lowest BCUT2D eigenvalue weighted by Gasteiger charge is -2.35. The Labute approximate surface area is 131 Å². The molecule has 2 atom stereocenters. The number of hydrogen-bond acceptors (Lipinski definition) is 3. The average Bonchev–Trinajstić information content (AvgIpc) is 2.45. The van der Waals surface area contributed by atoms with E-state index in [0.717, 1.165) is 25.0 Å². The predicted molar refractivity (Wildman–Crippen MR) is 87.0 cm³/mol. The van der Waals surface area contributed by atoms with Gasteiger partial charge in [0.05, 0.1) is 23.1 Å². The van der Waals surface area contributed by atoms with Crippen LogP contribution in [0.5, 0.6) is 0 Å². The Hall–Kier alpha value is -1.46. The number of benzene rings is 1. The van der Waals surface area contributed by atoms with Crippen LogP contribution < -0.4 is 11.1 Å². The second kappa shape index (κ2) is 7.00. The molecule has 1 aliphatic heterocycles. The van der Waals surface area contributed by atoms with Crippen molar-refractivity contribution in [1.29, 1.82) is 0 Å². The Morgan fingerprint density at radius 3 is 2.76 bits per heavy atom. The normalized spacial score (nSPS) is 23.3. The minimum atomic E-state index is -0.485. The molecule has 1 heterocycles. The van der Waals surface area contributed by atoms with Crippen molar-refractivity contribution in [2.24, 2.45) is 11.7 Å². The Kier molecular flexibility index (Phi) is 5.31. The summed E-state index contributed by atoms with van der Waals surface area (Å²) in [7, 11) is 0. The molecule has 1 saturated heterocycles. The highest BCUT2D eigenvalue weighted by Crippen LogP contribution is 2.20. The molecule has 1 aromatic rings. The molecule has 1 amide bonds. The number of hydrogen-bond donors (Lipinski definition) is 2. The molecule has 0 bridgehead atoms. The van der Waals surface area contributed by atoms with Crippen LogP contribution in [0.15, 0.2) is 30.3 Å². The van der Waals surface area contributed by atoms with Gasteiger partial charge >= 0.3 is 0 Å². The van der Waals surface area contributed by atoms with Gasteiger partial charge in [0.2, 0.25) is 5.91 Å². The SMILES string of the molecule is CC1(NC(=O)C(Cc2ccccc2)C(N)=S)CCCOC1. The summed E-state index contributed by atoms with van der Waals surface area (Å²) in [5, 5.41) is 3.07. The van der Waals surface area contributed by atoms with E-state index in [2.05, 4.69) is 5.32 Å². The quantitative estimate of drug-likeness (QED) is 0.815. The van der Waals surface area contributed by atoms with Crippen molar-refractivity contribution in [3.8, 4) is 0 Å². The van der Waals surface area contributed by atoms with Crippen LogP contribution in [0.3, 0.4) is 0 Å². The van der Waals surface area contributed by atoms with Crippen molar-refractivity contribution < 1.29 is 9.53 Å². The van der Waals surface area contributed by atoms with E-state index in [9.17, 15) is 4.79 Å². The number of thiocarbonyl (C=S) groups is 1. The summed E-state index contributed by atoms with van der Waals surface area (Å²) >= 11 is 5.08. The maximum Gasteiger partial charge on any atom is 0.230 e. The molecule has 1 fully saturated rings. The number of carbonyl (C=O) groups is 1. The van der Waals surface area contributed by atoms with Crippen molar-refractivity contribution in [3.63, 3.8) is 0 Å². The lowest BCUT2D eigenvalue weighted by molar-refractivity contribution is -0.126. The van der Waals surface area contributed by atoms with E-state index >= 15 is 0 Å². The zero-order chi connectivity index (χ0) is 15.3. The number of nitrogens with two attached hydrogens (primary N) is 1. The van der Waals surface area contributed by atoms with E-state index in [0.29, 0.717) is 13.0 Å². The molecule has 1 aromatic carbocycles. The molecule has 0 spiro atoms.